The Hall–Kier alpha value is -2.61. The molecule has 0 atom stereocenters. The number of Topliss-reactive ketones (excluding diaryl/α,β-unsaturated/α-hetero) is 1. The predicted molar refractivity (Wildman–Crippen MR) is 79.9 cm³/mol. The van der Waals surface area contributed by atoms with Gasteiger partial charge in [0.05, 0.1) is 0 Å². The summed E-state index contributed by atoms with van der Waals surface area (Å²) in [4.78, 5) is 21.6. The number of ketones is 1. The van der Waals surface area contributed by atoms with Gasteiger partial charge in [-0.1, -0.05) is 30.2 Å². The second-order valence-corrected chi connectivity index (χ2v) is 3.97. The van der Waals surface area contributed by atoms with Gasteiger partial charge in [-0.05, 0) is 13.3 Å². The second-order valence-electron chi connectivity index (χ2n) is 3.97. The van der Waals surface area contributed by atoms with Crippen molar-refractivity contribution in [3.8, 4) is 12.3 Å². The van der Waals surface area contributed by atoms with E-state index in [9.17, 15) is 14.0 Å². The fourth-order valence-corrected chi connectivity index (χ4v) is 1.24. The van der Waals surface area contributed by atoms with Gasteiger partial charge in [0.2, 0.25) is 0 Å². The highest BCUT2D eigenvalue weighted by atomic mass is 19.1. The summed E-state index contributed by atoms with van der Waals surface area (Å²) in [6.07, 6.45) is 15.0. The van der Waals surface area contributed by atoms with Crippen LogP contribution in [0.3, 0.4) is 0 Å². The molecule has 0 amide bonds. The first-order valence-corrected chi connectivity index (χ1v) is 6.27. The Morgan fingerprint density at radius 1 is 1.29 bits per heavy atom. The summed E-state index contributed by atoms with van der Waals surface area (Å²) in [6.45, 7) is 1.58. The van der Waals surface area contributed by atoms with E-state index in [4.69, 9.17) is 11.5 Å². The molecular weight excluding hydrogens is 273 g/mol. The third kappa shape index (κ3) is 9.91. The van der Waals surface area contributed by atoms with Gasteiger partial charge < -0.3 is 10.4 Å². The minimum Gasteiger partial charge on any atom is -0.478 e. The zero-order chi connectivity index (χ0) is 16.1. The van der Waals surface area contributed by atoms with Crippen molar-refractivity contribution in [3.05, 3.63) is 48.0 Å². The molecule has 0 spiro atoms. The fraction of sp³-hybridized carbons (Fsp3) is 0.250. The summed E-state index contributed by atoms with van der Waals surface area (Å²) < 4.78 is 12.8. The third-order valence-electron chi connectivity index (χ3n) is 2.25. The van der Waals surface area contributed by atoms with Crippen LogP contribution in [0.2, 0.25) is 0 Å². The van der Waals surface area contributed by atoms with Crippen molar-refractivity contribution in [3.63, 3.8) is 0 Å². The maximum Gasteiger partial charge on any atom is 0.340 e. The van der Waals surface area contributed by atoms with E-state index < -0.39 is 11.8 Å². The maximum atomic E-state index is 12.8. The molecule has 0 heterocycles. The smallest absolute Gasteiger partial charge is 0.340 e. The number of hydrogen-bond donors (Lipinski definition) is 2. The molecule has 0 aromatic carbocycles. The summed E-state index contributed by atoms with van der Waals surface area (Å²) in [7, 11) is 0. The van der Waals surface area contributed by atoms with Crippen molar-refractivity contribution in [2.45, 2.75) is 19.8 Å². The van der Waals surface area contributed by atoms with Gasteiger partial charge in [-0.15, -0.1) is 6.42 Å². The van der Waals surface area contributed by atoms with Crippen LogP contribution in [-0.2, 0) is 9.59 Å². The number of terminal acetylenes is 1. The molecule has 0 fully saturated rings. The molecule has 0 rings (SSSR count). The number of allylic oxidation sites excluding steroid dienone is 5. The van der Waals surface area contributed by atoms with Gasteiger partial charge in [0.15, 0.2) is 5.78 Å². The highest BCUT2D eigenvalue weighted by Gasteiger charge is 2.11. The van der Waals surface area contributed by atoms with Gasteiger partial charge in [-0.2, -0.15) is 0 Å². The zero-order valence-electron chi connectivity index (χ0n) is 11.8. The number of halogens is 1. The standard InChI is InChI=1S/C16H18FNO3/c1-3-9-14(17)10-7-5-4-6-8-11-18-12-15(13(2)19)16(20)21/h1,5-9,12,18H,4,10-11H2,2H3,(H,20,21)/b7-5-,8-6+,14-9+,15-12+. The zero-order valence-corrected chi connectivity index (χ0v) is 11.8. The first-order chi connectivity index (χ1) is 9.99. The molecule has 0 bridgehead atoms. The molecule has 0 aliphatic rings. The molecular formula is C16H18FNO3. The lowest BCUT2D eigenvalue weighted by atomic mass is 10.2. The first-order valence-electron chi connectivity index (χ1n) is 6.27. The van der Waals surface area contributed by atoms with E-state index >= 15 is 0 Å². The Bertz CT molecular complexity index is 506. The van der Waals surface area contributed by atoms with Crippen LogP contribution in [0.25, 0.3) is 0 Å². The normalized spacial score (nSPS) is 12.6. The number of nitrogens with one attached hydrogen (secondary N) is 1. The molecule has 0 aliphatic heterocycles. The average molecular weight is 291 g/mol. The molecule has 0 radical (unpaired) electrons. The van der Waals surface area contributed by atoms with Crippen LogP contribution in [-0.4, -0.2) is 23.4 Å². The number of hydrogen-bond acceptors (Lipinski definition) is 3. The van der Waals surface area contributed by atoms with Crippen LogP contribution in [0.4, 0.5) is 4.39 Å². The molecule has 0 aliphatic carbocycles. The summed E-state index contributed by atoms with van der Waals surface area (Å²) in [5.41, 5.74) is -0.293. The molecule has 4 nitrogen and oxygen atoms in total. The predicted octanol–water partition coefficient (Wildman–Crippen LogP) is 2.51. The molecule has 0 saturated carbocycles. The molecule has 21 heavy (non-hydrogen) atoms. The van der Waals surface area contributed by atoms with E-state index in [0.29, 0.717) is 13.0 Å². The van der Waals surface area contributed by atoms with Crippen LogP contribution in [0.1, 0.15) is 19.8 Å². The van der Waals surface area contributed by atoms with E-state index in [1.54, 1.807) is 18.2 Å². The maximum absolute atomic E-state index is 12.8. The van der Waals surface area contributed by atoms with Gasteiger partial charge >= 0.3 is 5.97 Å². The van der Waals surface area contributed by atoms with Gasteiger partial charge in [0.25, 0.3) is 0 Å². The Labute approximate surface area is 123 Å². The summed E-state index contributed by atoms with van der Waals surface area (Å²) in [6, 6.07) is 0. The Kier molecular flexibility index (Phi) is 9.84. The molecule has 0 aromatic rings. The van der Waals surface area contributed by atoms with E-state index in [0.717, 1.165) is 6.08 Å². The van der Waals surface area contributed by atoms with Crippen LogP contribution in [0, 0.1) is 12.3 Å². The van der Waals surface area contributed by atoms with Crippen LogP contribution in [0.5, 0.6) is 0 Å². The largest absolute Gasteiger partial charge is 0.478 e. The highest BCUT2D eigenvalue weighted by molar-refractivity contribution is 6.15. The van der Waals surface area contributed by atoms with Crippen LogP contribution >= 0.6 is 0 Å². The summed E-state index contributed by atoms with van der Waals surface area (Å²) >= 11 is 0. The first kappa shape index (κ1) is 18.4. The molecule has 0 saturated heterocycles. The summed E-state index contributed by atoms with van der Waals surface area (Å²) in [5.74, 6) is -0.0330. The minimum absolute atomic E-state index is 0.166. The number of carboxylic acids is 1. The minimum atomic E-state index is -1.26. The molecule has 112 valence electrons. The number of aliphatic carboxylic acids is 1. The van der Waals surface area contributed by atoms with Crippen LogP contribution in [0.15, 0.2) is 48.0 Å². The quantitative estimate of drug-likeness (QED) is 0.171. The SMILES string of the molecule is C#C/C=C(/F)C/C=C\C/C=C/CN/C=C(\C(C)=O)C(=O)O. The van der Waals surface area contributed by atoms with Crippen molar-refractivity contribution < 1.29 is 19.1 Å². The number of carboxylic acid groups (broad SMARTS) is 1. The highest BCUT2D eigenvalue weighted by Crippen LogP contribution is 2.03. The lowest BCUT2D eigenvalue weighted by Crippen LogP contribution is -2.14. The monoisotopic (exact) mass is 291 g/mol. The van der Waals surface area contributed by atoms with Gasteiger partial charge in [-0.3, -0.25) is 4.79 Å². The van der Waals surface area contributed by atoms with Crippen molar-refractivity contribution in [1.29, 1.82) is 0 Å². The third-order valence-corrected chi connectivity index (χ3v) is 2.25. The van der Waals surface area contributed by atoms with E-state index in [-0.39, 0.29) is 17.8 Å². The Balaban J connectivity index is 3.99. The van der Waals surface area contributed by atoms with Crippen LogP contribution < -0.4 is 5.32 Å². The van der Waals surface area contributed by atoms with Crippen molar-refractivity contribution >= 4 is 11.8 Å². The number of carbonyl (C=O) groups excluding carboxylic acids is 1. The molecule has 2 N–H and O–H groups in total. The lowest BCUT2D eigenvalue weighted by molar-refractivity contribution is -0.134. The van der Waals surface area contributed by atoms with Crippen molar-refractivity contribution in [1.82, 2.24) is 5.32 Å². The lowest BCUT2D eigenvalue weighted by Gasteiger charge is -1.98. The topological polar surface area (TPSA) is 66.4 Å². The number of carbonyl (C=O) groups is 2. The molecule has 5 heteroatoms. The molecule has 0 aromatic heterocycles. The summed E-state index contributed by atoms with van der Waals surface area (Å²) in [5, 5.41) is 11.4. The fourth-order valence-electron chi connectivity index (χ4n) is 1.24. The van der Waals surface area contributed by atoms with E-state index in [2.05, 4.69) is 11.2 Å². The van der Waals surface area contributed by atoms with Crippen molar-refractivity contribution in [2.75, 3.05) is 6.54 Å². The van der Waals surface area contributed by atoms with Crippen molar-refractivity contribution in [2.24, 2.45) is 0 Å². The Morgan fingerprint density at radius 3 is 2.52 bits per heavy atom. The molecule has 0 unspecified atom stereocenters. The average Bonchev–Trinajstić information content (AvgIpc) is 2.40. The second kappa shape index (κ2) is 11.2. The van der Waals surface area contributed by atoms with E-state index in [1.165, 1.54) is 13.1 Å². The number of rotatable bonds is 9. The Morgan fingerprint density at radius 2 is 1.95 bits per heavy atom. The van der Waals surface area contributed by atoms with Gasteiger partial charge in [-0.25, -0.2) is 9.18 Å². The van der Waals surface area contributed by atoms with E-state index in [1.807, 2.05) is 6.08 Å². The van der Waals surface area contributed by atoms with Gasteiger partial charge in [0.1, 0.15) is 11.4 Å². The van der Waals surface area contributed by atoms with Gasteiger partial charge in [0, 0.05) is 25.2 Å².